The van der Waals surface area contributed by atoms with Crippen LogP contribution in [-0.4, -0.2) is 43.4 Å². The summed E-state index contributed by atoms with van der Waals surface area (Å²) < 4.78 is 0. The Bertz CT molecular complexity index is 716. The number of carbonyl (C=O) groups is 2. The third-order valence-electron chi connectivity index (χ3n) is 6.80. The van der Waals surface area contributed by atoms with Gasteiger partial charge < -0.3 is 10.6 Å². The summed E-state index contributed by atoms with van der Waals surface area (Å²) in [5, 5.41) is 6.47. The second kappa shape index (κ2) is 8.03. The molecule has 0 aliphatic heterocycles. The molecule has 6 heteroatoms. The number of benzene rings is 1. The quantitative estimate of drug-likeness (QED) is 0.731. The van der Waals surface area contributed by atoms with Crippen molar-refractivity contribution < 1.29 is 9.59 Å². The number of para-hydroxylation sites is 1. The second-order valence-electron chi connectivity index (χ2n) is 9.39. The lowest BCUT2D eigenvalue weighted by Gasteiger charge is -2.56. The van der Waals surface area contributed by atoms with Crippen LogP contribution in [-0.2, 0) is 9.59 Å². The number of amides is 2. The summed E-state index contributed by atoms with van der Waals surface area (Å²) in [5.41, 5.74) is 0.929. The van der Waals surface area contributed by atoms with Crippen molar-refractivity contribution in [1.82, 2.24) is 10.2 Å². The lowest BCUT2D eigenvalue weighted by molar-refractivity contribution is -0.124. The average Bonchev–Trinajstić information content (AvgIpc) is 2.61. The molecule has 0 saturated heterocycles. The van der Waals surface area contributed by atoms with Crippen LogP contribution >= 0.6 is 11.6 Å². The van der Waals surface area contributed by atoms with Gasteiger partial charge in [0, 0.05) is 6.54 Å². The van der Waals surface area contributed by atoms with Crippen molar-refractivity contribution in [3.8, 4) is 0 Å². The maximum Gasteiger partial charge on any atom is 0.238 e. The van der Waals surface area contributed by atoms with E-state index in [0.29, 0.717) is 16.1 Å². The first-order valence-electron chi connectivity index (χ1n) is 10.4. The highest BCUT2D eigenvalue weighted by Crippen LogP contribution is 2.59. The Balaban J connectivity index is 1.22. The highest BCUT2D eigenvalue weighted by Gasteiger charge is 2.50. The molecule has 5 rings (SSSR count). The van der Waals surface area contributed by atoms with Crippen molar-refractivity contribution in [3.63, 3.8) is 0 Å². The molecule has 0 unspecified atom stereocenters. The highest BCUT2D eigenvalue weighted by atomic mass is 35.5. The van der Waals surface area contributed by atoms with Crippen LogP contribution in [0.3, 0.4) is 0 Å². The molecule has 2 amide bonds. The van der Waals surface area contributed by atoms with E-state index in [0.717, 1.165) is 24.3 Å². The summed E-state index contributed by atoms with van der Waals surface area (Å²) in [7, 11) is 1.79. The van der Waals surface area contributed by atoms with Crippen molar-refractivity contribution in [2.24, 2.45) is 23.2 Å². The molecule has 0 aromatic heterocycles. The van der Waals surface area contributed by atoms with E-state index >= 15 is 0 Å². The first kappa shape index (κ1) is 19.7. The molecule has 5 nitrogen and oxygen atoms in total. The molecule has 2 N–H and O–H groups in total. The number of likely N-dealkylation sites (N-methyl/N-ethyl adjacent to an activating group) is 1. The number of halogens is 1. The van der Waals surface area contributed by atoms with Crippen LogP contribution in [0.5, 0.6) is 0 Å². The van der Waals surface area contributed by atoms with Crippen LogP contribution in [0.15, 0.2) is 24.3 Å². The lowest BCUT2D eigenvalue weighted by Crippen LogP contribution is -2.52. The minimum atomic E-state index is -0.176. The Hall–Kier alpha value is -1.59. The van der Waals surface area contributed by atoms with E-state index in [1.54, 1.807) is 24.1 Å². The van der Waals surface area contributed by atoms with Crippen molar-refractivity contribution in [2.45, 2.75) is 38.5 Å². The fourth-order valence-corrected chi connectivity index (χ4v) is 6.33. The number of carbonyl (C=O) groups excluding carboxylic acids is 2. The van der Waals surface area contributed by atoms with Crippen LogP contribution in [0, 0.1) is 23.2 Å². The van der Waals surface area contributed by atoms with Crippen LogP contribution in [0.25, 0.3) is 0 Å². The number of rotatable bonds is 7. The first-order chi connectivity index (χ1) is 13.4. The van der Waals surface area contributed by atoms with Gasteiger partial charge in [-0.1, -0.05) is 23.7 Å². The normalized spacial score (nSPS) is 30.5. The van der Waals surface area contributed by atoms with E-state index < -0.39 is 0 Å². The van der Waals surface area contributed by atoms with Gasteiger partial charge in [0.1, 0.15) is 0 Å². The topological polar surface area (TPSA) is 61.4 Å². The van der Waals surface area contributed by atoms with E-state index in [1.807, 2.05) is 12.1 Å². The van der Waals surface area contributed by atoms with Gasteiger partial charge >= 0.3 is 0 Å². The molecule has 4 aliphatic carbocycles. The zero-order valence-corrected chi connectivity index (χ0v) is 17.3. The molecule has 1 aromatic rings. The molecule has 152 valence electrons. The summed E-state index contributed by atoms with van der Waals surface area (Å²) >= 11 is 6.07. The van der Waals surface area contributed by atoms with E-state index in [-0.39, 0.29) is 24.9 Å². The van der Waals surface area contributed by atoms with E-state index in [1.165, 1.54) is 38.5 Å². The van der Waals surface area contributed by atoms with Gasteiger partial charge in [-0.05, 0) is 80.9 Å². The summed E-state index contributed by atoms with van der Waals surface area (Å²) in [6.45, 7) is 1.17. The van der Waals surface area contributed by atoms with Gasteiger partial charge in [-0.15, -0.1) is 0 Å². The van der Waals surface area contributed by atoms with Gasteiger partial charge in [0.15, 0.2) is 0 Å². The molecule has 4 saturated carbocycles. The van der Waals surface area contributed by atoms with Crippen LogP contribution in [0.4, 0.5) is 5.69 Å². The van der Waals surface area contributed by atoms with Gasteiger partial charge in [0.2, 0.25) is 11.8 Å². The maximum absolute atomic E-state index is 12.4. The molecule has 1 aromatic carbocycles. The van der Waals surface area contributed by atoms with Gasteiger partial charge in [-0.3, -0.25) is 14.5 Å². The maximum atomic E-state index is 12.4. The zero-order chi connectivity index (χ0) is 19.7. The summed E-state index contributed by atoms with van der Waals surface area (Å²) in [4.78, 5) is 26.4. The molecule has 0 atom stereocenters. The molecule has 4 fully saturated rings. The number of nitrogens with one attached hydrogen (secondary N) is 2. The first-order valence-corrected chi connectivity index (χ1v) is 10.8. The average molecular weight is 404 g/mol. The van der Waals surface area contributed by atoms with Crippen LogP contribution in [0.2, 0.25) is 5.02 Å². The number of hydrogen-bond donors (Lipinski definition) is 2. The standard InChI is InChI=1S/C22H30ClN3O2/c1-26(13-21(28)25-19-5-3-2-4-18(19)23)12-20(27)24-14-22-9-15-6-16(10-22)8-17(7-15)11-22/h2-5,15-17H,6-14H2,1H3,(H,24,27)(H,25,28). The molecular weight excluding hydrogens is 374 g/mol. The minimum absolute atomic E-state index is 0.00351. The molecule has 0 spiro atoms. The van der Waals surface area contributed by atoms with E-state index in [4.69, 9.17) is 11.6 Å². The van der Waals surface area contributed by atoms with E-state index in [2.05, 4.69) is 10.6 Å². The zero-order valence-electron chi connectivity index (χ0n) is 16.5. The summed E-state index contributed by atoms with van der Waals surface area (Å²) in [5.74, 6) is 2.49. The number of hydrogen-bond acceptors (Lipinski definition) is 3. The fourth-order valence-electron chi connectivity index (χ4n) is 6.15. The Morgan fingerprint density at radius 1 is 1.04 bits per heavy atom. The van der Waals surface area contributed by atoms with Crippen LogP contribution in [0.1, 0.15) is 38.5 Å². The van der Waals surface area contributed by atoms with Gasteiger partial charge in [0.25, 0.3) is 0 Å². The molecule has 4 aliphatic rings. The molecule has 4 bridgehead atoms. The minimum Gasteiger partial charge on any atom is -0.354 e. The number of nitrogens with zero attached hydrogens (tertiary/aromatic N) is 1. The largest absolute Gasteiger partial charge is 0.354 e. The highest BCUT2D eigenvalue weighted by molar-refractivity contribution is 6.33. The second-order valence-corrected chi connectivity index (χ2v) is 9.80. The molecular formula is C22H30ClN3O2. The van der Waals surface area contributed by atoms with Crippen molar-refractivity contribution >= 4 is 29.1 Å². The predicted octanol–water partition coefficient (Wildman–Crippen LogP) is 3.54. The summed E-state index contributed by atoms with van der Waals surface area (Å²) in [6, 6.07) is 7.14. The lowest BCUT2D eigenvalue weighted by atomic mass is 9.49. The Morgan fingerprint density at radius 2 is 1.61 bits per heavy atom. The summed E-state index contributed by atoms with van der Waals surface area (Å²) in [6.07, 6.45) is 8.10. The Labute approximate surface area is 172 Å². The monoisotopic (exact) mass is 403 g/mol. The smallest absolute Gasteiger partial charge is 0.238 e. The Morgan fingerprint density at radius 3 is 2.21 bits per heavy atom. The molecule has 28 heavy (non-hydrogen) atoms. The van der Waals surface area contributed by atoms with Crippen molar-refractivity contribution in [1.29, 1.82) is 0 Å². The third-order valence-corrected chi connectivity index (χ3v) is 7.13. The van der Waals surface area contributed by atoms with Crippen molar-refractivity contribution in [2.75, 3.05) is 32.0 Å². The molecule has 0 heterocycles. The van der Waals surface area contributed by atoms with Gasteiger partial charge in [0.05, 0.1) is 23.8 Å². The number of anilines is 1. The van der Waals surface area contributed by atoms with E-state index in [9.17, 15) is 9.59 Å². The van der Waals surface area contributed by atoms with Crippen molar-refractivity contribution in [3.05, 3.63) is 29.3 Å². The third kappa shape index (κ3) is 4.52. The van der Waals surface area contributed by atoms with Crippen LogP contribution < -0.4 is 10.6 Å². The SMILES string of the molecule is CN(CC(=O)NCC12CC3CC(CC(C3)C1)C2)CC(=O)Nc1ccccc1Cl. The van der Waals surface area contributed by atoms with Gasteiger partial charge in [-0.25, -0.2) is 0 Å². The molecule has 0 radical (unpaired) electrons. The predicted molar refractivity (Wildman–Crippen MR) is 111 cm³/mol. The Kier molecular flexibility index (Phi) is 5.66. The fraction of sp³-hybridized carbons (Fsp3) is 0.636. The van der Waals surface area contributed by atoms with Gasteiger partial charge in [-0.2, -0.15) is 0 Å².